The van der Waals surface area contributed by atoms with Gasteiger partial charge >= 0.3 is 20.4 Å². The number of benzene rings is 2. The second-order valence-electron chi connectivity index (χ2n) is 12.2. The van der Waals surface area contributed by atoms with Gasteiger partial charge in [-0.1, -0.05) is 63.1 Å². The summed E-state index contributed by atoms with van der Waals surface area (Å²) in [7, 11) is -19.5. The van der Waals surface area contributed by atoms with Crippen LogP contribution in [0.3, 0.4) is 0 Å². The average Bonchev–Trinajstić information content (AvgIpc) is 3.61. The predicted octanol–water partition coefficient (Wildman–Crippen LogP) is 8.37. The van der Waals surface area contributed by atoms with E-state index in [1.165, 1.54) is 23.2 Å². The molecule has 296 valence electrons. The Kier molecular flexibility index (Phi) is 8.78. The van der Waals surface area contributed by atoms with Crippen molar-refractivity contribution in [1.82, 2.24) is 39.5 Å². The lowest BCUT2D eigenvalue weighted by atomic mass is 10.1. The topological polar surface area (TPSA) is 168 Å². The van der Waals surface area contributed by atoms with Gasteiger partial charge in [0.05, 0.1) is 25.3 Å². The van der Waals surface area contributed by atoms with Crippen LogP contribution in [-0.2, 0) is 13.2 Å². The lowest BCUT2D eigenvalue weighted by molar-refractivity contribution is 0.276. The van der Waals surface area contributed by atoms with E-state index in [4.69, 9.17) is 0 Å². The summed E-state index contributed by atoms with van der Waals surface area (Å²) < 4.78 is 131. The van der Waals surface area contributed by atoms with Gasteiger partial charge in [0.25, 0.3) is 11.1 Å². The van der Waals surface area contributed by atoms with Crippen LogP contribution in [-0.4, -0.2) is 49.7 Å². The number of halogens is 10. The summed E-state index contributed by atoms with van der Waals surface area (Å²) in [6.07, 6.45) is 0. The van der Waals surface area contributed by atoms with E-state index >= 15 is 0 Å². The quantitative estimate of drug-likeness (QED) is 0.111. The van der Waals surface area contributed by atoms with Crippen molar-refractivity contribution < 1.29 is 49.1 Å². The molecule has 0 fully saturated rings. The van der Waals surface area contributed by atoms with Crippen LogP contribution < -0.4 is 11.1 Å². The van der Waals surface area contributed by atoms with E-state index in [-0.39, 0.29) is 56.2 Å². The molecule has 0 saturated carbocycles. The first-order valence-corrected chi connectivity index (χ1v) is 19.2. The summed E-state index contributed by atoms with van der Waals surface area (Å²) in [6.45, 7) is 5.08. The van der Waals surface area contributed by atoms with Gasteiger partial charge in [-0.3, -0.25) is 9.59 Å². The Labute approximate surface area is 296 Å². The molecular formula is C30H30F10N8O4S2. The van der Waals surface area contributed by atoms with Gasteiger partial charge in [-0.15, -0.1) is 0 Å². The Morgan fingerprint density at radius 2 is 0.889 bits per heavy atom. The highest BCUT2D eigenvalue weighted by Gasteiger charge is 2.66. The fourth-order valence-electron chi connectivity index (χ4n) is 5.50. The minimum atomic E-state index is -9.75. The molecule has 0 spiro atoms. The van der Waals surface area contributed by atoms with Crippen LogP contribution >= 0.6 is 20.4 Å². The van der Waals surface area contributed by atoms with Gasteiger partial charge in [0.2, 0.25) is 0 Å². The first-order chi connectivity index (χ1) is 24.4. The molecular weight excluding hydrogens is 790 g/mol. The Morgan fingerprint density at radius 1 is 0.593 bits per heavy atom. The zero-order valence-electron chi connectivity index (χ0n) is 28.2. The Balaban J connectivity index is 0.000000208. The van der Waals surface area contributed by atoms with E-state index in [0.29, 0.717) is 24.3 Å². The highest BCUT2D eigenvalue weighted by Crippen LogP contribution is 3.02. The first-order valence-electron chi connectivity index (χ1n) is 15.3. The van der Waals surface area contributed by atoms with E-state index in [1.807, 2.05) is 0 Å². The van der Waals surface area contributed by atoms with Gasteiger partial charge in [-0.05, 0) is 63.1 Å². The molecule has 4 N–H and O–H groups in total. The van der Waals surface area contributed by atoms with Crippen LogP contribution in [0.15, 0.2) is 67.9 Å². The van der Waals surface area contributed by atoms with Crippen molar-refractivity contribution in [3.8, 4) is 0 Å². The molecule has 0 aliphatic rings. The third-order valence-corrected chi connectivity index (χ3v) is 10.5. The minimum absolute atomic E-state index is 0.0502. The van der Waals surface area contributed by atoms with Crippen molar-refractivity contribution in [1.29, 1.82) is 0 Å². The number of hydrogen-bond donors (Lipinski definition) is 4. The molecule has 2 aromatic carbocycles. The number of aliphatic hydroxyl groups excluding tert-OH is 2. The molecule has 0 saturated heterocycles. The number of hydrogen-bond acceptors (Lipinski definition) is 8. The van der Waals surface area contributed by atoms with Crippen LogP contribution in [0.1, 0.15) is 60.1 Å². The van der Waals surface area contributed by atoms with Crippen molar-refractivity contribution in [2.24, 2.45) is 0 Å². The Hall–Kier alpha value is -4.94. The summed E-state index contributed by atoms with van der Waals surface area (Å²) in [5.74, 6) is 0.559. The highest BCUT2D eigenvalue weighted by atomic mass is 32.5. The van der Waals surface area contributed by atoms with E-state index in [1.54, 1.807) is 13.8 Å². The summed E-state index contributed by atoms with van der Waals surface area (Å²) in [6, 6.07) is 3.50. The van der Waals surface area contributed by atoms with Crippen molar-refractivity contribution in [2.75, 3.05) is 0 Å². The number of nitrogens with zero attached hydrogens (tertiary/aromatic N) is 6. The molecule has 6 aromatic rings. The number of nitrogens with one attached hydrogen (secondary N) is 2. The maximum absolute atomic E-state index is 12.9. The second-order valence-corrected chi connectivity index (χ2v) is 17.0. The average molecular weight is 821 g/mol. The number of aromatic nitrogens is 8. The van der Waals surface area contributed by atoms with E-state index < -0.39 is 66.7 Å². The largest absolute Gasteiger partial charge is 0.390 e. The normalized spacial score (nSPS) is 16.1. The number of fused-ring (bicyclic) bond motifs is 2. The van der Waals surface area contributed by atoms with Crippen molar-refractivity contribution in [3.05, 3.63) is 103 Å². The number of rotatable bonds is 8. The van der Waals surface area contributed by atoms with Crippen LogP contribution in [0, 0.1) is 13.8 Å². The summed E-state index contributed by atoms with van der Waals surface area (Å²) in [5, 5.41) is 27.2. The SMILES string of the molecule is Cc1nc2c(c(CO)nn2[C@@H](C)c2ccc(S(F)(F)(F)(F)F)cc2)c(=O)[nH]1.Cc1nc2c(c(CO)nn2[C@H](C)c2ccc(S(F)(F)(F)(F)F)cc2)c(=O)[nH]1. The van der Waals surface area contributed by atoms with Crippen LogP contribution in [0.25, 0.3) is 22.1 Å². The lowest BCUT2D eigenvalue weighted by Gasteiger charge is -2.40. The zero-order chi connectivity index (χ0) is 40.5. The van der Waals surface area contributed by atoms with Gasteiger partial charge in [-0.2, -0.15) is 10.2 Å². The molecule has 12 nitrogen and oxygen atoms in total. The fraction of sp³-hybridized carbons (Fsp3) is 0.267. The van der Waals surface area contributed by atoms with Crippen LogP contribution in [0.4, 0.5) is 38.9 Å². The van der Waals surface area contributed by atoms with Gasteiger partial charge in [-0.25, -0.2) is 19.3 Å². The fourth-order valence-corrected chi connectivity index (χ4v) is 6.80. The molecule has 6 rings (SSSR count). The maximum Gasteiger partial charge on any atom is 0.310 e. The Morgan fingerprint density at radius 3 is 1.15 bits per heavy atom. The summed E-state index contributed by atoms with van der Waals surface area (Å²) in [5.41, 5.74) is -0.186. The van der Waals surface area contributed by atoms with Crippen molar-refractivity contribution in [3.63, 3.8) is 0 Å². The number of aliphatic hydroxyl groups is 2. The lowest BCUT2D eigenvalue weighted by Crippen LogP contribution is -2.13. The smallest absolute Gasteiger partial charge is 0.310 e. The molecule has 0 radical (unpaired) electrons. The first kappa shape index (κ1) is 40.2. The van der Waals surface area contributed by atoms with E-state index in [9.17, 15) is 58.7 Å². The highest BCUT2D eigenvalue weighted by molar-refractivity contribution is 8.46. The molecule has 4 aromatic heterocycles. The van der Waals surface area contributed by atoms with Crippen LogP contribution in [0.2, 0.25) is 0 Å². The minimum Gasteiger partial charge on any atom is -0.390 e. The third-order valence-electron chi connectivity index (χ3n) is 8.15. The molecule has 2 atom stereocenters. The molecule has 0 amide bonds. The Bertz CT molecular complexity index is 2360. The van der Waals surface area contributed by atoms with Gasteiger partial charge in [0.1, 0.15) is 43.6 Å². The standard InChI is InChI=1S/2C15H15F5N4O2S/c2*1-8(10-3-5-11(6-4-10)27(16,17,18,19)20)24-14-13(12(7-25)23-24)15(26)22-9(2)21-14/h2*3-6,8,25H,7H2,1-2H3,(H,21,22,26)/t2*8-/m10/s1. The van der Waals surface area contributed by atoms with Crippen molar-refractivity contribution in [2.45, 2.75) is 62.8 Å². The molecule has 4 heterocycles. The third kappa shape index (κ3) is 8.09. The molecule has 54 heavy (non-hydrogen) atoms. The second kappa shape index (κ2) is 11.8. The van der Waals surface area contributed by atoms with Gasteiger partial charge in [0, 0.05) is 0 Å². The zero-order valence-corrected chi connectivity index (χ0v) is 29.8. The van der Waals surface area contributed by atoms with Gasteiger partial charge < -0.3 is 20.2 Å². The van der Waals surface area contributed by atoms with Crippen molar-refractivity contribution >= 4 is 42.5 Å². The monoisotopic (exact) mass is 820 g/mol. The van der Waals surface area contributed by atoms with Gasteiger partial charge in [0.15, 0.2) is 11.3 Å². The van der Waals surface area contributed by atoms with E-state index in [2.05, 4.69) is 30.1 Å². The molecule has 0 aliphatic heterocycles. The number of aromatic amines is 2. The molecule has 0 aliphatic carbocycles. The van der Waals surface area contributed by atoms with E-state index in [0.717, 1.165) is 24.3 Å². The molecule has 24 heteroatoms. The van der Waals surface area contributed by atoms with Crippen LogP contribution in [0.5, 0.6) is 0 Å². The number of H-pyrrole nitrogens is 2. The summed E-state index contributed by atoms with van der Waals surface area (Å²) in [4.78, 5) is 33.5. The summed E-state index contributed by atoms with van der Waals surface area (Å²) >= 11 is 0. The molecule has 0 unspecified atom stereocenters. The predicted molar refractivity (Wildman–Crippen MR) is 181 cm³/mol. The number of aryl methyl sites for hydroxylation is 2. The maximum atomic E-state index is 12.9. The molecule has 0 bridgehead atoms.